The molecule has 0 atom stereocenters. The van der Waals surface area contributed by atoms with Gasteiger partial charge in [0.15, 0.2) is 0 Å². The number of fused-ring (bicyclic) bond motifs is 1. The first-order valence-electron chi connectivity index (χ1n) is 12.3. The van der Waals surface area contributed by atoms with Gasteiger partial charge in [-0.3, -0.25) is 33.0 Å². The Morgan fingerprint density at radius 3 is 2.14 bits per heavy atom. The zero-order chi connectivity index (χ0) is 25.1. The van der Waals surface area contributed by atoms with Crippen molar-refractivity contribution >= 4 is 16.9 Å². The van der Waals surface area contributed by atoms with Gasteiger partial charge in [-0.25, -0.2) is 4.79 Å². The maximum absolute atomic E-state index is 13.6. The van der Waals surface area contributed by atoms with Crippen LogP contribution in [-0.2, 0) is 26.7 Å². The minimum atomic E-state index is -0.513. The molecule has 1 aliphatic heterocycles. The van der Waals surface area contributed by atoms with Crippen LogP contribution in [0.5, 0.6) is 0 Å². The highest BCUT2D eigenvalue weighted by molar-refractivity contribution is 6.05. The largest absolute Gasteiger partial charge is 0.336 e. The first kappa shape index (κ1) is 24.7. The van der Waals surface area contributed by atoms with E-state index >= 15 is 0 Å². The number of piperazine rings is 1. The molecule has 0 saturated carbocycles. The maximum Gasteiger partial charge on any atom is 0.332 e. The van der Waals surface area contributed by atoms with Crippen LogP contribution in [0.4, 0.5) is 0 Å². The molecule has 1 fully saturated rings. The number of nitrogens with zero attached hydrogens (tertiary/aromatic N) is 5. The van der Waals surface area contributed by atoms with Gasteiger partial charge in [0.05, 0.1) is 10.9 Å². The van der Waals surface area contributed by atoms with Crippen LogP contribution in [0.15, 0.2) is 50.8 Å². The van der Waals surface area contributed by atoms with E-state index < -0.39 is 11.2 Å². The predicted molar refractivity (Wildman–Crippen MR) is 136 cm³/mol. The lowest BCUT2D eigenvalue weighted by molar-refractivity contribution is 0.0630. The molecule has 35 heavy (non-hydrogen) atoms. The number of carbonyl (C=O) groups excluding carboxylic acids is 1. The predicted octanol–water partition coefficient (Wildman–Crippen LogP) is 1.64. The number of amides is 1. The van der Waals surface area contributed by atoms with E-state index in [1.54, 1.807) is 11.9 Å². The molecule has 3 heterocycles. The van der Waals surface area contributed by atoms with E-state index in [0.29, 0.717) is 45.6 Å². The summed E-state index contributed by atoms with van der Waals surface area (Å²) in [6.07, 6.45) is 1.25. The zero-order valence-electron chi connectivity index (χ0n) is 20.7. The van der Waals surface area contributed by atoms with Gasteiger partial charge in [0.2, 0.25) is 0 Å². The second-order valence-electron chi connectivity index (χ2n) is 9.10. The van der Waals surface area contributed by atoms with E-state index in [1.807, 2.05) is 32.0 Å². The minimum absolute atomic E-state index is 0.0827. The van der Waals surface area contributed by atoms with E-state index in [2.05, 4.69) is 17.0 Å². The fourth-order valence-electron chi connectivity index (χ4n) is 4.84. The van der Waals surface area contributed by atoms with Gasteiger partial charge in [-0.1, -0.05) is 44.2 Å². The molecule has 0 spiro atoms. The number of hydrogen-bond donors (Lipinski definition) is 0. The summed E-state index contributed by atoms with van der Waals surface area (Å²) in [5.74, 6) is -0.339. The maximum atomic E-state index is 13.6. The van der Waals surface area contributed by atoms with Crippen molar-refractivity contribution in [3.05, 3.63) is 78.7 Å². The van der Waals surface area contributed by atoms with E-state index in [4.69, 9.17) is 0 Å². The third-order valence-corrected chi connectivity index (χ3v) is 6.61. The molecular formula is C26H33N5O4. The van der Waals surface area contributed by atoms with Gasteiger partial charge in [-0.05, 0) is 18.4 Å². The molecule has 1 aliphatic rings. The van der Waals surface area contributed by atoms with Crippen molar-refractivity contribution in [1.82, 2.24) is 23.5 Å². The lowest BCUT2D eigenvalue weighted by Crippen LogP contribution is -2.49. The Hall–Kier alpha value is -3.46. The number of hydrogen-bond acceptors (Lipinski definition) is 5. The Kier molecular flexibility index (Phi) is 7.35. The third-order valence-electron chi connectivity index (χ3n) is 6.61. The van der Waals surface area contributed by atoms with Crippen LogP contribution < -0.4 is 16.8 Å². The summed E-state index contributed by atoms with van der Waals surface area (Å²) in [6.45, 7) is 7.61. The van der Waals surface area contributed by atoms with Crippen molar-refractivity contribution in [2.75, 3.05) is 26.2 Å². The van der Waals surface area contributed by atoms with Crippen LogP contribution in [0.2, 0.25) is 0 Å². The van der Waals surface area contributed by atoms with Crippen LogP contribution in [0.1, 0.15) is 42.6 Å². The molecule has 9 heteroatoms. The molecule has 2 aromatic heterocycles. The van der Waals surface area contributed by atoms with Crippen molar-refractivity contribution in [1.29, 1.82) is 0 Å². The molecule has 9 nitrogen and oxygen atoms in total. The lowest BCUT2D eigenvalue weighted by Gasteiger charge is -2.35. The molecule has 186 valence electrons. The Morgan fingerprint density at radius 1 is 0.886 bits per heavy atom. The first-order valence-corrected chi connectivity index (χ1v) is 12.3. The minimum Gasteiger partial charge on any atom is -0.336 e. The van der Waals surface area contributed by atoms with Gasteiger partial charge in [-0.2, -0.15) is 0 Å². The number of carbonyl (C=O) groups is 1. The molecule has 0 radical (unpaired) electrons. The Balaban J connectivity index is 1.73. The summed E-state index contributed by atoms with van der Waals surface area (Å²) in [4.78, 5) is 57.1. The summed E-state index contributed by atoms with van der Waals surface area (Å²) >= 11 is 0. The summed E-state index contributed by atoms with van der Waals surface area (Å²) in [5, 5.41) is 0.144. The van der Waals surface area contributed by atoms with Crippen LogP contribution in [0.3, 0.4) is 0 Å². The summed E-state index contributed by atoms with van der Waals surface area (Å²) in [6, 6.07) is 11.5. The summed E-state index contributed by atoms with van der Waals surface area (Å²) in [7, 11) is 1.55. The van der Waals surface area contributed by atoms with Crippen LogP contribution >= 0.6 is 0 Å². The molecule has 0 unspecified atom stereocenters. The van der Waals surface area contributed by atoms with Crippen LogP contribution in [-0.4, -0.2) is 55.6 Å². The van der Waals surface area contributed by atoms with Crippen molar-refractivity contribution in [2.24, 2.45) is 7.05 Å². The van der Waals surface area contributed by atoms with Gasteiger partial charge in [-0.15, -0.1) is 0 Å². The zero-order valence-corrected chi connectivity index (χ0v) is 20.7. The molecule has 4 rings (SSSR count). The smallest absolute Gasteiger partial charge is 0.332 e. The van der Waals surface area contributed by atoms with Gasteiger partial charge >= 0.3 is 5.69 Å². The molecule has 1 amide bonds. The molecule has 1 saturated heterocycles. The third kappa shape index (κ3) is 4.73. The normalized spacial score (nSPS) is 14.5. The van der Waals surface area contributed by atoms with E-state index in [0.717, 1.165) is 11.1 Å². The monoisotopic (exact) mass is 479 g/mol. The average molecular weight is 480 g/mol. The highest BCUT2D eigenvalue weighted by Gasteiger charge is 2.27. The number of pyridine rings is 1. The second-order valence-corrected chi connectivity index (χ2v) is 9.10. The quantitative estimate of drug-likeness (QED) is 0.514. The molecule has 0 N–H and O–H groups in total. The van der Waals surface area contributed by atoms with Crippen molar-refractivity contribution in [2.45, 2.75) is 46.3 Å². The molecule has 1 aromatic carbocycles. The summed E-state index contributed by atoms with van der Waals surface area (Å²) < 4.78 is 3.93. The molecule has 0 bridgehead atoms. The molecule has 0 aliphatic carbocycles. The van der Waals surface area contributed by atoms with Gasteiger partial charge in [0.1, 0.15) is 5.65 Å². The van der Waals surface area contributed by atoms with E-state index in [1.165, 1.54) is 20.8 Å². The van der Waals surface area contributed by atoms with E-state index in [-0.39, 0.29) is 34.6 Å². The van der Waals surface area contributed by atoms with Gasteiger partial charge in [0.25, 0.3) is 17.0 Å². The van der Waals surface area contributed by atoms with Crippen molar-refractivity contribution < 1.29 is 4.79 Å². The topological polar surface area (TPSA) is 89.6 Å². The Labute approximate surface area is 203 Å². The van der Waals surface area contributed by atoms with Crippen molar-refractivity contribution in [3.63, 3.8) is 0 Å². The highest BCUT2D eigenvalue weighted by Crippen LogP contribution is 2.17. The molecule has 3 aromatic rings. The van der Waals surface area contributed by atoms with E-state index in [9.17, 15) is 19.2 Å². The first-order chi connectivity index (χ1) is 16.9. The summed E-state index contributed by atoms with van der Waals surface area (Å²) in [5.41, 5.74) is 0.143. The lowest BCUT2D eigenvalue weighted by atomic mass is 10.1. The van der Waals surface area contributed by atoms with Crippen molar-refractivity contribution in [3.8, 4) is 0 Å². The second kappa shape index (κ2) is 10.4. The Morgan fingerprint density at radius 2 is 1.51 bits per heavy atom. The SMILES string of the molecule is CCCn1c(=O)c2c(C(=O)N3CCN(Cc4ccccc4)CC3)cc(=O)n(CCC)c2n(C)c1=O. The highest BCUT2D eigenvalue weighted by atomic mass is 16.2. The average Bonchev–Trinajstić information content (AvgIpc) is 2.87. The van der Waals surface area contributed by atoms with Gasteiger partial charge in [0, 0.05) is 58.9 Å². The number of rotatable bonds is 7. The van der Waals surface area contributed by atoms with Gasteiger partial charge < -0.3 is 4.90 Å². The fourth-order valence-corrected chi connectivity index (χ4v) is 4.84. The van der Waals surface area contributed by atoms with Crippen LogP contribution in [0, 0.1) is 0 Å². The number of aromatic nitrogens is 3. The number of benzene rings is 1. The number of aryl methyl sites for hydroxylation is 2. The standard InChI is InChI=1S/C26H33N5O4/c1-4-11-30-21(32)17-20(22-23(30)27(3)26(35)31(12-5-2)25(22)34)24(33)29-15-13-28(14-16-29)18-19-9-7-6-8-10-19/h6-10,17H,4-5,11-16,18H2,1-3H3. The molecular weight excluding hydrogens is 446 g/mol. The Bertz CT molecular complexity index is 1400. The fraction of sp³-hybridized carbons (Fsp3) is 0.462. The van der Waals surface area contributed by atoms with Crippen LogP contribution in [0.25, 0.3) is 11.0 Å².